The molecule has 4 nitrogen and oxygen atoms in total. The van der Waals surface area contributed by atoms with Gasteiger partial charge in [-0.05, 0) is 55.1 Å². The normalized spacial score (nSPS) is 15.5. The molecule has 0 aliphatic carbocycles. The maximum Gasteiger partial charge on any atom is 0.143 e. The van der Waals surface area contributed by atoms with Crippen LogP contribution in [-0.4, -0.2) is 30.7 Å². The highest BCUT2D eigenvalue weighted by atomic mass is 16.5. The molecule has 32 heavy (non-hydrogen) atoms. The maximum atomic E-state index is 6.31. The molecule has 2 heterocycles. The molecule has 1 unspecified atom stereocenters. The largest absolute Gasteiger partial charge is 0.485 e. The summed E-state index contributed by atoms with van der Waals surface area (Å²) in [6.07, 6.45) is 5.78. The van der Waals surface area contributed by atoms with Crippen molar-refractivity contribution in [3.8, 4) is 5.75 Å². The molecular formula is C28H31N3O. The molecule has 0 saturated heterocycles. The van der Waals surface area contributed by atoms with Gasteiger partial charge < -0.3 is 19.9 Å². The molecule has 3 aromatic carbocycles. The van der Waals surface area contributed by atoms with E-state index in [2.05, 4.69) is 100 Å². The third-order valence-electron chi connectivity index (χ3n) is 6.24. The van der Waals surface area contributed by atoms with Gasteiger partial charge in [0.05, 0.1) is 12.2 Å². The van der Waals surface area contributed by atoms with Gasteiger partial charge in [-0.1, -0.05) is 60.7 Å². The zero-order valence-electron chi connectivity index (χ0n) is 18.5. The van der Waals surface area contributed by atoms with Crippen LogP contribution < -0.4 is 15.0 Å². The van der Waals surface area contributed by atoms with Crippen molar-refractivity contribution in [2.45, 2.75) is 31.9 Å². The average Bonchev–Trinajstić information content (AvgIpc) is 3.25. The Morgan fingerprint density at radius 3 is 2.66 bits per heavy atom. The van der Waals surface area contributed by atoms with Crippen LogP contribution in [0.1, 0.15) is 24.0 Å². The maximum absolute atomic E-state index is 6.31. The summed E-state index contributed by atoms with van der Waals surface area (Å²) in [6, 6.07) is 27.6. The second kappa shape index (κ2) is 9.92. The lowest BCUT2D eigenvalue weighted by atomic mass is 10.1. The van der Waals surface area contributed by atoms with Crippen molar-refractivity contribution in [1.29, 1.82) is 0 Å². The van der Waals surface area contributed by atoms with Crippen molar-refractivity contribution < 1.29 is 4.74 Å². The van der Waals surface area contributed by atoms with Crippen molar-refractivity contribution >= 4 is 16.6 Å². The molecule has 0 fully saturated rings. The third-order valence-corrected chi connectivity index (χ3v) is 6.24. The van der Waals surface area contributed by atoms with Gasteiger partial charge in [0, 0.05) is 30.2 Å². The van der Waals surface area contributed by atoms with Crippen molar-refractivity contribution in [3.63, 3.8) is 0 Å². The Bertz CT molecular complexity index is 1140. The summed E-state index contributed by atoms with van der Waals surface area (Å²) in [7, 11) is 0. The second-order valence-electron chi connectivity index (χ2n) is 8.59. The van der Waals surface area contributed by atoms with Gasteiger partial charge in [0.15, 0.2) is 0 Å². The average molecular weight is 426 g/mol. The van der Waals surface area contributed by atoms with E-state index in [-0.39, 0.29) is 6.10 Å². The van der Waals surface area contributed by atoms with Crippen LogP contribution in [0.5, 0.6) is 5.75 Å². The molecule has 164 valence electrons. The highest BCUT2D eigenvalue weighted by Gasteiger charge is 2.25. The number of H-pyrrole nitrogens is 1. The van der Waals surface area contributed by atoms with Gasteiger partial charge in [-0.2, -0.15) is 0 Å². The van der Waals surface area contributed by atoms with E-state index >= 15 is 0 Å². The smallest absolute Gasteiger partial charge is 0.143 e. The summed E-state index contributed by atoms with van der Waals surface area (Å²) in [6.45, 7) is 3.69. The molecule has 2 N–H and O–H groups in total. The lowest BCUT2D eigenvalue weighted by Gasteiger charge is -2.36. The quantitative estimate of drug-likeness (QED) is 0.346. The number of ether oxygens (including phenoxy) is 1. The zero-order valence-corrected chi connectivity index (χ0v) is 18.5. The molecule has 5 rings (SSSR count). The van der Waals surface area contributed by atoms with Crippen LogP contribution in [0.2, 0.25) is 0 Å². The number of benzene rings is 3. The number of hydrogen-bond acceptors (Lipinski definition) is 3. The zero-order chi connectivity index (χ0) is 21.6. The predicted octanol–water partition coefficient (Wildman–Crippen LogP) is 5.55. The fourth-order valence-electron chi connectivity index (χ4n) is 4.61. The monoisotopic (exact) mass is 425 g/mol. The number of hydrogen-bond donors (Lipinski definition) is 2. The van der Waals surface area contributed by atoms with Crippen LogP contribution >= 0.6 is 0 Å². The fourth-order valence-corrected chi connectivity index (χ4v) is 4.61. The van der Waals surface area contributed by atoms with Crippen LogP contribution in [0.15, 0.2) is 85.1 Å². The van der Waals surface area contributed by atoms with E-state index in [1.165, 1.54) is 34.1 Å². The van der Waals surface area contributed by atoms with Crippen molar-refractivity contribution in [1.82, 2.24) is 10.3 Å². The Balaban J connectivity index is 1.10. The van der Waals surface area contributed by atoms with Gasteiger partial charge in [0.25, 0.3) is 0 Å². The van der Waals surface area contributed by atoms with Crippen LogP contribution in [0.3, 0.4) is 0 Å². The van der Waals surface area contributed by atoms with Crippen LogP contribution in [-0.2, 0) is 13.0 Å². The molecule has 0 spiro atoms. The number of rotatable bonds is 9. The highest BCUT2D eigenvalue weighted by molar-refractivity contribution is 5.83. The second-order valence-corrected chi connectivity index (χ2v) is 8.59. The van der Waals surface area contributed by atoms with E-state index < -0.39 is 0 Å². The lowest BCUT2D eigenvalue weighted by Crippen LogP contribution is -2.45. The van der Waals surface area contributed by atoms with Gasteiger partial charge in [-0.3, -0.25) is 0 Å². The molecule has 0 amide bonds. The Morgan fingerprint density at radius 1 is 0.906 bits per heavy atom. The summed E-state index contributed by atoms with van der Waals surface area (Å²) in [5.41, 5.74) is 5.17. The summed E-state index contributed by atoms with van der Waals surface area (Å²) in [4.78, 5) is 5.82. The van der Waals surface area contributed by atoms with Crippen molar-refractivity contribution in [3.05, 3.63) is 96.2 Å². The molecule has 4 aromatic rings. The Labute approximate surface area is 190 Å². The number of aromatic amines is 1. The Kier molecular flexibility index (Phi) is 6.40. The van der Waals surface area contributed by atoms with Gasteiger partial charge in [-0.15, -0.1) is 0 Å². The molecule has 1 aliphatic heterocycles. The first-order chi connectivity index (χ1) is 15.9. The summed E-state index contributed by atoms with van der Waals surface area (Å²) >= 11 is 0. The Morgan fingerprint density at radius 2 is 1.72 bits per heavy atom. The number of fused-ring (bicyclic) bond motifs is 2. The first-order valence-electron chi connectivity index (χ1n) is 11.7. The van der Waals surface area contributed by atoms with Crippen LogP contribution in [0, 0.1) is 0 Å². The Hall–Kier alpha value is -3.24. The van der Waals surface area contributed by atoms with E-state index in [0.717, 1.165) is 44.8 Å². The minimum Gasteiger partial charge on any atom is -0.485 e. The first-order valence-corrected chi connectivity index (χ1v) is 11.7. The minimum atomic E-state index is 0.155. The molecule has 0 bridgehead atoms. The molecule has 0 saturated carbocycles. The van der Waals surface area contributed by atoms with E-state index in [9.17, 15) is 0 Å². The standard InChI is InChI=1S/C28H31N3O/c1-2-10-22(11-3-1)20-31-21-24(32-28-16-7-6-15-27(28)31)19-29-17-9-8-12-23-18-30-26-14-5-4-13-25(23)26/h1-7,10-11,13-16,18,24,29-30H,8-9,12,17,19-21H2. The van der Waals surface area contributed by atoms with E-state index in [0.29, 0.717) is 0 Å². The number of nitrogens with zero attached hydrogens (tertiary/aromatic N) is 1. The van der Waals surface area contributed by atoms with E-state index in [1.807, 2.05) is 0 Å². The van der Waals surface area contributed by atoms with Gasteiger partial charge >= 0.3 is 0 Å². The molecule has 0 radical (unpaired) electrons. The SMILES string of the molecule is c1ccc(CN2CC(CNCCCCc3c[nH]c4ccccc34)Oc3ccccc32)cc1. The number of anilines is 1. The fraction of sp³-hybridized carbons (Fsp3) is 0.286. The molecule has 1 atom stereocenters. The number of nitrogens with one attached hydrogen (secondary N) is 2. The number of aryl methyl sites for hydroxylation is 1. The number of unbranched alkanes of at least 4 members (excludes halogenated alkanes) is 1. The summed E-state index contributed by atoms with van der Waals surface area (Å²) < 4.78 is 6.31. The number of para-hydroxylation sites is 3. The third kappa shape index (κ3) is 4.81. The van der Waals surface area contributed by atoms with Crippen LogP contribution in [0.25, 0.3) is 10.9 Å². The molecule has 1 aliphatic rings. The molecular weight excluding hydrogens is 394 g/mol. The summed E-state index contributed by atoms with van der Waals surface area (Å²) in [5, 5.41) is 4.98. The van der Waals surface area contributed by atoms with Gasteiger partial charge in [-0.25, -0.2) is 0 Å². The minimum absolute atomic E-state index is 0.155. The predicted molar refractivity (Wildman–Crippen MR) is 132 cm³/mol. The number of aromatic nitrogens is 1. The van der Waals surface area contributed by atoms with Gasteiger partial charge in [0.2, 0.25) is 0 Å². The lowest BCUT2D eigenvalue weighted by molar-refractivity contribution is 0.189. The van der Waals surface area contributed by atoms with E-state index in [4.69, 9.17) is 4.74 Å². The van der Waals surface area contributed by atoms with Crippen molar-refractivity contribution in [2.24, 2.45) is 0 Å². The molecule has 1 aromatic heterocycles. The van der Waals surface area contributed by atoms with E-state index in [1.54, 1.807) is 0 Å². The first kappa shape index (κ1) is 20.7. The highest BCUT2D eigenvalue weighted by Crippen LogP contribution is 2.33. The van der Waals surface area contributed by atoms with Crippen molar-refractivity contribution in [2.75, 3.05) is 24.5 Å². The summed E-state index contributed by atoms with van der Waals surface area (Å²) in [5.74, 6) is 0.987. The van der Waals surface area contributed by atoms with Crippen LogP contribution in [0.4, 0.5) is 5.69 Å². The topological polar surface area (TPSA) is 40.3 Å². The molecule has 4 heteroatoms. The van der Waals surface area contributed by atoms with Gasteiger partial charge in [0.1, 0.15) is 11.9 Å².